The Morgan fingerprint density at radius 1 is 1.04 bits per heavy atom. The molecule has 1 aliphatic rings. The Morgan fingerprint density at radius 2 is 1.58 bits per heavy atom. The van der Waals surface area contributed by atoms with Gasteiger partial charge in [-0.05, 0) is 26.7 Å². The van der Waals surface area contributed by atoms with Gasteiger partial charge >= 0.3 is 0 Å². The van der Waals surface area contributed by atoms with Crippen molar-refractivity contribution >= 4 is 11.8 Å². The summed E-state index contributed by atoms with van der Waals surface area (Å²) in [6, 6.07) is 0. The molecule has 136 valence electrons. The van der Waals surface area contributed by atoms with Gasteiger partial charge in [0.15, 0.2) is 11.6 Å². The lowest BCUT2D eigenvalue weighted by Gasteiger charge is -2.26. The zero-order valence-electron chi connectivity index (χ0n) is 15.5. The molecule has 2 rings (SSSR count). The van der Waals surface area contributed by atoms with Crippen molar-refractivity contribution in [1.82, 2.24) is 9.97 Å². The van der Waals surface area contributed by atoms with Crippen molar-refractivity contribution in [2.24, 2.45) is 0 Å². The molecule has 7 heteroatoms. The summed E-state index contributed by atoms with van der Waals surface area (Å²) < 4.78 is 25.5. The smallest absolute Gasteiger partial charge is 0.227 e. The first-order valence-electron chi connectivity index (χ1n) is 8.42. The van der Waals surface area contributed by atoms with Crippen LogP contribution in [-0.2, 0) is 9.47 Å². The maximum atomic E-state index is 14.9. The third kappa shape index (κ3) is 4.54. The molecule has 1 aliphatic carbocycles. The fraction of sp³-hybridized carbons (Fsp3) is 0.765. The van der Waals surface area contributed by atoms with Crippen LogP contribution in [-0.4, -0.2) is 63.6 Å². The highest BCUT2D eigenvalue weighted by Gasteiger charge is 2.32. The van der Waals surface area contributed by atoms with E-state index in [0.717, 1.165) is 12.8 Å². The topological polar surface area (TPSA) is 50.7 Å². The van der Waals surface area contributed by atoms with E-state index >= 15 is 0 Å². The highest BCUT2D eigenvalue weighted by Crippen LogP contribution is 2.42. The Morgan fingerprint density at radius 3 is 2.08 bits per heavy atom. The van der Waals surface area contributed by atoms with Crippen LogP contribution in [0.1, 0.15) is 38.3 Å². The summed E-state index contributed by atoms with van der Waals surface area (Å²) in [6.07, 6.45) is 2.01. The number of halogens is 1. The summed E-state index contributed by atoms with van der Waals surface area (Å²) in [6.45, 7) is 5.13. The van der Waals surface area contributed by atoms with Gasteiger partial charge in [0.05, 0.1) is 17.9 Å². The average molecular weight is 340 g/mol. The van der Waals surface area contributed by atoms with Crippen molar-refractivity contribution in [3.05, 3.63) is 11.5 Å². The Balaban J connectivity index is 2.31. The van der Waals surface area contributed by atoms with Gasteiger partial charge in [0, 0.05) is 47.3 Å². The van der Waals surface area contributed by atoms with E-state index < -0.39 is 0 Å². The molecule has 0 saturated heterocycles. The van der Waals surface area contributed by atoms with Crippen LogP contribution in [0.25, 0.3) is 0 Å². The monoisotopic (exact) mass is 340 g/mol. The molecule has 0 spiro atoms. The van der Waals surface area contributed by atoms with Crippen LogP contribution in [0.15, 0.2) is 0 Å². The minimum absolute atomic E-state index is 0.0107. The van der Waals surface area contributed by atoms with Crippen LogP contribution in [0.5, 0.6) is 0 Å². The standard InChI is InChI=1S/C17H29FN4O2/c1-11(23-5)9-21(3)16-14(18)15(13-7-8-13)19-17(20-16)22(4)10-12(2)24-6/h11-13H,7-10H2,1-6H3. The van der Waals surface area contributed by atoms with E-state index in [0.29, 0.717) is 30.5 Å². The van der Waals surface area contributed by atoms with Gasteiger partial charge in [0.2, 0.25) is 5.95 Å². The number of hydrogen-bond acceptors (Lipinski definition) is 6. The second-order valence-electron chi connectivity index (χ2n) is 6.67. The van der Waals surface area contributed by atoms with Gasteiger partial charge in [-0.25, -0.2) is 9.37 Å². The summed E-state index contributed by atoms with van der Waals surface area (Å²) in [4.78, 5) is 12.7. The number of anilines is 2. The molecule has 1 fully saturated rings. The Hall–Kier alpha value is -1.47. The van der Waals surface area contributed by atoms with Crippen LogP contribution in [0, 0.1) is 5.82 Å². The quantitative estimate of drug-likeness (QED) is 0.688. The molecule has 1 aromatic rings. The number of ether oxygens (including phenoxy) is 2. The number of methoxy groups -OCH3 is 2. The normalized spacial score (nSPS) is 16.8. The van der Waals surface area contributed by atoms with Gasteiger partial charge < -0.3 is 19.3 Å². The summed E-state index contributed by atoms with van der Waals surface area (Å²) in [5.41, 5.74) is 0.531. The molecular weight excluding hydrogens is 311 g/mol. The van der Waals surface area contributed by atoms with Crippen molar-refractivity contribution in [1.29, 1.82) is 0 Å². The fourth-order valence-corrected chi connectivity index (χ4v) is 2.58. The Bertz CT molecular complexity index is 554. The van der Waals surface area contributed by atoms with E-state index in [2.05, 4.69) is 9.97 Å². The molecule has 2 unspecified atom stereocenters. The number of aromatic nitrogens is 2. The predicted octanol–water partition coefficient (Wildman–Crippen LogP) is 2.44. The first kappa shape index (κ1) is 18.9. The number of rotatable bonds is 9. The van der Waals surface area contributed by atoms with E-state index in [-0.39, 0.29) is 23.9 Å². The van der Waals surface area contributed by atoms with Gasteiger partial charge in [0.25, 0.3) is 0 Å². The van der Waals surface area contributed by atoms with Crippen molar-refractivity contribution in [3.63, 3.8) is 0 Å². The molecule has 0 aromatic carbocycles. The number of likely N-dealkylation sites (N-methyl/N-ethyl adjacent to an activating group) is 2. The molecule has 0 aliphatic heterocycles. The lowest BCUT2D eigenvalue weighted by atomic mass is 10.2. The van der Waals surface area contributed by atoms with Gasteiger partial charge in [0.1, 0.15) is 0 Å². The van der Waals surface area contributed by atoms with E-state index in [4.69, 9.17) is 9.47 Å². The average Bonchev–Trinajstić information content (AvgIpc) is 3.39. The second kappa shape index (κ2) is 8.07. The van der Waals surface area contributed by atoms with E-state index in [1.807, 2.05) is 32.8 Å². The zero-order valence-corrected chi connectivity index (χ0v) is 15.5. The molecule has 2 atom stereocenters. The first-order chi connectivity index (χ1) is 11.4. The van der Waals surface area contributed by atoms with Gasteiger partial charge in [-0.3, -0.25) is 0 Å². The van der Waals surface area contributed by atoms with Crippen LogP contribution in [0.3, 0.4) is 0 Å². The molecule has 6 nitrogen and oxygen atoms in total. The highest BCUT2D eigenvalue weighted by atomic mass is 19.1. The summed E-state index contributed by atoms with van der Waals surface area (Å²) >= 11 is 0. The second-order valence-corrected chi connectivity index (χ2v) is 6.67. The maximum absolute atomic E-state index is 14.9. The van der Waals surface area contributed by atoms with Crippen LogP contribution < -0.4 is 9.80 Å². The molecule has 1 saturated carbocycles. The maximum Gasteiger partial charge on any atom is 0.227 e. The molecule has 1 aromatic heterocycles. The van der Waals surface area contributed by atoms with E-state index in [1.54, 1.807) is 19.1 Å². The lowest BCUT2D eigenvalue weighted by Crippen LogP contribution is -2.33. The summed E-state index contributed by atoms with van der Waals surface area (Å²) in [5.74, 6) is 0.782. The largest absolute Gasteiger partial charge is 0.380 e. The Kier molecular flexibility index (Phi) is 6.34. The van der Waals surface area contributed by atoms with Crippen molar-refractivity contribution in [3.8, 4) is 0 Å². The van der Waals surface area contributed by atoms with E-state index in [1.165, 1.54) is 0 Å². The Labute approximate surface area is 144 Å². The summed E-state index contributed by atoms with van der Waals surface area (Å²) in [7, 11) is 7.06. The fourth-order valence-electron chi connectivity index (χ4n) is 2.58. The van der Waals surface area contributed by atoms with Gasteiger partial charge in [-0.1, -0.05) is 0 Å². The van der Waals surface area contributed by atoms with Gasteiger partial charge in [-0.15, -0.1) is 0 Å². The molecule has 0 radical (unpaired) electrons. The minimum Gasteiger partial charge on any atom is -0.380 e. The van der Waals surface area contributed by atoms with Crippen LogP contribution in [0.4, 0.5) is 16.2 Å². The number of hydrogen-bond donors (Lipinski definition) is 0. The molecule has 0 N–H and O–H groups in total. The van der Waals surface area contributed by atoms with Crippen molar-refractivity contribution < 1.29 is 13.9 Å². The van der Waals surface area contributed by atoms with Gasteiger partial charge in [-0.2, -0.15) is 4.98 Å². The predicted molar refractivity (Wildman–Crippen MR) is 93.4 cm³/mol. The zero-order chi connectivity index (χ0) is 17.9. The number of nitrogens with zero attached hydrogens (tertiary/aromatic N) is 4. The SMILES string of the molecule is COC(C)CN(C)c1nc(C2CC2)c(F)c(N(C)CC(C)OC)n1. The van der Waals surface area contributed by atoms with Crippen LogP contribution >= 0.6 is 0 Å². The highest BCUT2D eigenvalue weighted by molar-refractivity contribution is 5.48. The molecular formula is C17H29FN4O2. The van der Waals surface area contributed by atoms with E-state index in [9.17, 15) is 4.39 Å². The third-order valence-corrected chi connectivity index (χ3v) is 4.38. The minimum atomic E-state index is -0.305. The van der Waals surface area contributed by atoms with Crippen molar-refractivity contribution in [2.45, 2.75) is 44.8 Å². The summed E-state index contributed by atoms with van der Waals surface area (Å²) in [5, 5.41) is 0. The third-order valence-electron chi connectivity index (χ3n) is 4.38. The molecule has 0 bridgehead atoms. The first-order valence-corrected chi connectivity index (χ1v) is 8.42. The lowest BCUT2D eigenvalue weighted by molar-refractivity contribution is 0.123. The molecule has 24 heavy (non-hydrogen) atoms. The molecule has 0 amide bonds. The molecule has 1 heterocycles. The van der Waals surface area contributed by atoms with Crippen LogP contribution in [0.2, 0.25) is 0 Å². The van der Waals surface area contributed by atoms with Crippen molar-refractivity contribution in [2.75, 3.05) is 51.2 Å².